The number of carbonyl (C=O) groups excluding carboxylic acids is 1. The van der Waals surface area contributed by atoms with Crippen molar-refractivity contribution >= 4 is 59.1 Å². The van der Waals surface area contributed by atoms with Crippen LogP contribution in [0.25, 0.3) is 0 Å². The molecule has 0 saturated carbocycles. The van der Waals surface area contributed by atoms with Crippen molar-refractivity contribution < 1.29 is 14.6 Å². The summed E-state index contributed by atoms with van der Waals surface area (Å²) in [5.74, 6) is 0. The number of nitro groups is 1. The Morgan fingerprint density at radius 1 is 1.57 bits per heavy atom. The first-order valence-electron chi connectivity index (χ1n) is 5.29. The molecule has 0 aromatic heterocycles. The van der Waals surface area contributed by atoms with E-state index in [9.17, 15) is 14.9 Å². The topological polar surface area (TPSA) is 109 Å². The lowest BCUT2D eigenvalue weighted by Gasteiger charge is -2.21. The van der Waals surface area contributed by atoms with Crippen molar-refractivity contribution in [2.24, 2.45) is 10.6 Å². The third-order valence-corrected chi connectivity index (χ3v) is 3.08. The van der Waals surface area contributed by atoms with Gasteiger partial charge in [-0.3, -0.25) is 15.0 Å². The Kier molecular flexibility index (Phi) is 8.10. The van der Waals surface area contributed by atoms with E-state index >= 15 is 0 Å². The van der Waals surface area contributed by atoms with Crippen LogP contribution in [0.15, 0.2) is 5.16 Å². The lowest BCUT2D eigenvalue weighted by Crippen LogP contribution is -2.31. The second kappa shape index (κ2) is 8.48. The fourth-order valence-corrected chi connectivity index (χ4v) is 2.03. The number of hydrogen-bond acceptors (Lipinski definition) is 7. The van der Waals surface area contributed by atoms with Crippen LogP contribution in [0, 0.1) is 26.9 Å². The van der Waals surface area contributed by atoms with Crippen molar-refractivity contribution in [2.45, 2.75) is 17.0 Å². The normalized spacial score (nSPS) is 12.0. The molecule has 0 aliphatic carbocycles. The van der Waals surface area contributed by atoms with Gasteiger partial charge in [-0.2, -0.15) is 5.26 Å². The molecule has 0 aromatic carbocycles. The van der Waals surface area contributed by atoms with Crippen LogP contribution >= 0.6 is 46.8 Å². The van der Waals surface area contributed by atoms with E-state index in [1.165, 1.54) is 0 Å². The predicted molar refractivity (Wildman–Crippen MR) is 80.8 cm³/mol. The van der Waals surface area contributed by atoms with E-state index in [1.54, 1.807) is 13.8 Å². The first kappa shape index (κ1) is 20.1. The van der Waals surface area contributed by atoms with E-state index in [2.05, 4.69) is 9.99 Å². The van der Waals surface area contributed by atoms with Crippen LogP contribution in [-0.2, 0) is 4.84 Å². The number of hydrogen-bond donors (Lipinski definition) is 0. The Balaban J connectivity index is 4.72. The maximum absolute atomic E-state index is 11.7. The number of rotatable bonds is 6. The molecule has 0 aromatic rings. The zero-order valence-electron chi connectivity index (χ0n) is 11.0. The summed E-state index contributed by atoms with van der Waals surface area (Å²) in [5, 5.41) is 22.4. The molecule has 0 atom stereocenters. The average Bonchev–Trinajstić information content (AvgIpc) is 2.32. The summed E-state index contributed by atoms with van der Waals surface area (Å²) in [6.07, 6.45) is 0.0505. The molecule has 0 bridgehead atoms. The Labute approximate surface area is 140 Å². The molecule has 0 heterocycles. The SMILES string of the molecule is CC(C)(C#N)/C=N/OC(=O)N(CC[N+](=O)[O-])SC(Cl)(Cl)Cl. The van der Waals surface area contributed by atoms with Gasteiger partial charge in [0.25, 0.3) is 3.12 Å². The number of oxime groups is 1. The molecule has 0 rings (SSSR count). The van der Waals surface area contributed by atoms with Crippen LogP contribution in [0.1, 0.15) is 13.8 Å². The van der Waals surface area contributed by atoms with E-state index in [4.69, 9.17) is 40.1 Å². The van der Waals surface area contributed by atoms with Crippen molar-refractivity contribution in [3.05, 3.63) is 10.1 Å². The lowest BCUT2D eigenvalue weighted by atomic mass is 9.98. The summed E-state index contributed by atoms with van der Waals surface area (Å²) in [6.45, 7) is 2.19. The summed E-state index contributed by atoms with van der Waals surface area (Å²) in [5.41, 5.74) is -0.936. The maximum Gasteiger partial charge on any atom is 0.446 e. The smallest absolute Gasteiger partial charge is 0.298 e. The van der Waals surface area contributed by atoms with Crippen LogP contribution in [0.2, 0.25) is 0 Å². The third kappa shape index (κ3) is 10.4. The van der Waals surface area contributed by atoms with Gasteiger partial charge in [0.15, 0.2) is 0 Å². The highest BCUT2D eigenvalue weighted by atomic mass is 35.6. The summed E-state index contributed by atoms with van der Waals surface area (Å²) in [7, 11) is 0. The molecule has 0 unspecified atom stereocenters. The van der Waals surface area contributed by atoms with Crippen molar-refractivity contribution in [1.82, 2.24) is 4.31 Å². The summed E-state index contributed by atoms with van der Waals surface area (Å²) in [4.78, 5) is 25.9. The average molecular weight is 378 g/mol. The van der Waals surface area contributed by atoms with Crippen molar-refractivity contribution in [3.8, 4) is 6.07 Å². The minimum atomic E-state index is -1.90. The molecular formula is C9H11Cl3N4O4S. The molecule has 0 aliphatic rings. The maximum atomic E-state index is 11.7. The standard InChI is InChI=1S/C9H11Cl3N4O4S/c1-8(2,5-13)6-14-20-7(17)15(3-4-16(18)19)21-9(10,11)12/h6H,3-4H2,1-2H3/b14-6+. The molecular weight excluding hydrogens is 367 g/mol. The minimum absolute atomic E-state index is 0.346. The van der Waals surface area contributed by atoms with Crippen molar-refractivity contribution in [2.75, 3.05) is 13.1 Å². The van der Waals surface area contributed by atoms with E-state index in [-0.39, 0.29) is 6.54 Å². The molecule has 8 nitrogen and oxygen atoms in total. The lowest BCUT2D eigenvalue weighted by molar-refractivity contribution is -0.478. The number of halogens is 3. The van der Waals surface area contributed by atoms with Gasteiger partial charge >= 0.3 is 6.09 Å². The minimum Gasteiger partial charge on any atom is -0.298 e. The first-order chi connectivity index (χ1) is 9.47. The molecule has 0 N–H and O–H groups in total. The highest BCUT2D eigenvalue weighted by Gasteiger charge is 2.30. The second-order valence-electron chi connectivity index (χ2n) is 4.12. The Bertz CT molecular complexity index is 461. The predicted octanol–water partition coefficient (Wildman–Crippen LogP) is 3.21. The number of alkyl halides is 3. The van der Waals surface area contributed by atoms with Gasteiger partial charge in [-0.1, -0.05) is 40.0 Å². The summed E-state index contributed by atoms with van der Waals surface area (Å²) >= 11 is 17.0. The van der Waals surface area contributed by atoms with Gasteiger partial charge in [-0.25, -0.2) is 9.10 Å². The molecule has 0 spiro atoms. The van der Waals surface area contributed by atoms with E-state index in [1.807, 2.05) is 6.07 Å². The van der Waals surface area contributed by atoms with Gasteiger partial charge in [-0.15, -0.1) is 0 Å². The van der Waals surface area contributed by atoms with Crippen LogP contribution in [-0.4, -0.2) is 37.8 Å². The van der Waals surface area contributed by atoms with Crippen molar-refractivity contribution in [3.63, 3.8) is 0 Å². The zero-order chi connectivity index (χ0) is 16.7. The van der Waals surface area contributed by atoms with Crippen LogP contribution in [0.4, 0.5) is 4.79 Å². The highest BCUT2D eigenvalue weighted by Crippen LogP contribution is 2.41. The van der Waals surface area contributed by atoms with Crippen LogP contribution in [0.5, 0.6) is 0 Å². The number of nitrogens with zero attached hydrogens (tertiary/aromatic N) is 4. The Hall–Kier alpha value is -0.950. The Morgan fingerprint density at radius 3 is 2.57 bits per heavy atom. The van der Waals surface area contributed by atoms with E-state index in [0.717, 1.165) is 10.5 Å². The van der Waals surface area contributed by atoms with Gasteiger partial charge in [0.1, 0.15) is 6.54 Å². The molecule has 0 saturated heterocycles. The number of nitriles is 1. The fraction of sp³-hybridized carbons (Fsp3) is 0.667. The molecule has 0 radical (unpaired) electrons. The zero-order valence-corrected chi connectivity index (χ0v) is 14.0. The van der Waals surface area contributed by atoms with Gasteiger partial charge in [0.2, 0.25) is 6.54 Å². The van der Waals surface area contributed by atoms with Gasteiger partial charge in [0.05, 0.1) is 17.7 Å². The van der Waals surface area contributed by atoms with E-state index < -0.39 is 26.1 Å². The largest absolute Gasteiger partial charge is 0.446 e. The van der Waals surface area contributed by atoms with E-state index in [0.29, 0.717) is 11.9 Å². The summed E-state index contributed by atoms with van der Waals surface area (Å²) < 4.78 is -1.14. The van der Waals surface area contributed by atoms with Crippen LogP contribution < -0.4 is 0 Å². The van der Waals surface area contributed by atoms with Gasteiger partial charge in [-0.05, 0) is 13.8 Å². The molecule has 1 amide bonds. The molecule has 118 valence electrons. The van der Waals surface area contributed by atoms with Crippen molar-refractivity contribution in [1.29, 1.82) is 5.26 Å². The first-order valence-corrected chi connectivity index (χ1v) is 7.19. The van der Waals surface area contributed by atoms with Gasteiger partial charge < -0.3 is 0 Å². The number of amides is 1. The number of carbonyl (C=O) groups is 1. The Morgan fingerprint density at radius 2 is 2.14 bits per heavy atom. The molecule has 12 heteroatoms. The molecule has 0 aliphatic heterocycles. The highest BCUT2D eigenvalue weighted by molar-refractivity contribution is 8.03. The molecule has 0 fully saturated rings. The van der Waals surface area contributed by atoms with Crippen LogP contribution in [0.3, 0.4) is 0 Å². The molecule has 21 heavy (non-hydrogen) atoms. The monoisotopic (exact) mass is 376 g/mol. The fourth-order valence-electron chi connectivity index (χ4n) is 0.749. The van der Waals surface area contributed by atoms with Gasteiger partial charge in [0, 0.05) is 16.9 Å². The summed E-state index contributed by atoms with van der Waals surface area (Å²) in [6, 6.07) is 1.91. The third-order valence-electron chi connectivity index (χ3n) is 1.70. The quantitative estimate of drug-likeness (QED) is 0.175. The second-order valence-corrected chi connectivity index (χ2v) is 8.31.